The lowest BCUT2D eigenvalue weighted by Crippen LogP contribution is -2.09. The van der Waals surface area contributed by atoms with Crippen LogP contribution in [0, 0.1) is 0 Å². The van der Waals surface area contributed by atoms with Crippen molar-refractivity contribution in [2.45, 2.75) is 20.0 Å². The van der Waals surface area contributed by atoms with Crippen LogP contribution in [0.5, 0.6) is 0 Å². The smallest absolute Gasteiger partial charge is 0.295 e. The van der Waals surface area contributed by atoms with Crippen molar-refractivity contribution in [1.29, 1.82) is 0 Å². The molecule has 3 nitrogen and oxygen atoms in total. The van der Waals surface area contributed by atoms with Gasteiger partial charge in [-0.25, -0.2) is 4.98 Å². The first kappa shape index (κ1) is 19.5. The predicted molar refractivity (Wildman–Crippen MR) is 100 cm³/mol. The minimum atomic E-state index is -4.57. The zero-order chi connectivity index (χ0) is 20.5. The van der Waals surface area contributed by atoms with Crippen LogP contribution < -0.4 is 0 Å². The zero-order valence-corrected chi connectivity index (χ0v) is 15.2. The Morgan fingerprint density at radius 2 is 1.18 bits per heavy atom. The molecule has 1 aromatic heterocycles. The molecule has 3 rings (SSSR count). The highest BCUT2D eigenvalue weighted by atomic mass is 19.4. The van der Waals surface area contributed by atoms with Gasteiger partial charge in [-0.15, -0.1) is 0 Å². The van der Waals surface area contributed by atoms with E-state index in [0.29, 0.717) is 22.4 Å². The van der Waals surface area contributed by atoms with Crippen LogP contribution in [0.15, 0.2) is 60.7 Å². The minimum Gasteiger partial charge on any atom is -0.295 e. The number of aromatic nitrogens is 1. The molecule has 0 atom stereocenters. The van der Waals surface area contributed by atoms with Crippen molar-refractivity contribution in [3.8, 4) is 22.5 Å². The molecule has 2 aromatic carbocycles. The van der Waals surface area contributed by atoms with Crippen LogP contribution in [0.3, 0.4) is 0 Å². The fraction of sp³-hybridized carbons (Fsp3) is 0.136. The number of benzene rings is 2. The van der Waals surface area contributed by atoms with Gasteiger partial charge in [0.15, 0.2) is 11.6 Å². The largest absolute Gasteiger partial charge is 0.418 e. The van der Waals surface area contributed by atoms with Gasteiger partial charge in [-0.2, -0.15) is 13.2 Å². The molecule has 0 radical (unpaired) electrons. The van der Waals surface area contributed by atoms with E-state index in [9.17, 15) is 22.8 Å². The second kappa shape index (κ2) is 7.38. The summed E-state index contributed by atoms with van der Waals surface area (Å²) in [5, 5.41) is 0. The van der Waals surface area contributed by atoms with Gasteiger partial charge in [0.05, 0.1) is 17.0 Å². The summed E-state index contributed by atoms with van der Waals surface area (Å²) in [6.07, 6.45) is -4.57. The molecule has 0 unspecified atom stereocenters. The van der Waals surface area contributed by atoms with Gasteiger partial charge in [0.1, 0.15) is 0 Å². The maximum atomic E-state index is 13.5. The predicted octanol–water partition coefficient (Wildman–Crippen LogP) is 5.84. The van der Waals surface area contributed by atoms with Crippen molar-refractivity contribution >= 4 is 11.6 Å². The van der Waals surface area contributed by atoms with E-state index in [-0.39, 0.29) is 22.8 Å². The van der Waals surface area contributed by atoms with Crippen LogP contribution in [0.25, 0.3) is 22.5 Å². The number of hydrogen-bond donors (Lipinski definition) is 0. The van der Waals surface area contributed by atoms with Gasteiger partial charge in [-0.1, -0.05) is 48.5 Å². The number of carbonyl (C=O) groups is 2. The minimum absolute atomic E-state index is 0.0989. The number of hydrogen-bond acceptors (Lipinski definition) is 3. The monoisotopic (exact) mass is 383 g/mol. The Balaban J connectivity index is 2.11. The van der Waals surface area contributed by atoms with Crippen LogP contribution in [0.2, 0.25) is 0 Å². The summed E-state index contributed by atoms with van der Waals surface area (Å²) in [6.45, 7) is 2.83. The SMILES string of the molecule is CC(=O)c1ccc(-c2ccc(C(F)(F)F)c(-c3ccc(C(C)=O)cc3)n2)cc1. The van der Waals surface area contributed by atoms with Crippen molar-refractivity contribution in [2.75, 3.05) is 0 Å². The highest BCUT2D eigenvalue weighted by molar-refractivity contribution is 5.95. The lowest BCUT2D eigenvalue weighted by atomic mass is 10.0. The lowest BCUT2D eigenvalue weighted by Gasteiger charge is -2.14. The Bertz CT molecular complexity index is 1040. The third kappa shape index (κ3) is 4.01. The Hall–Kier alpha value is -3.28. The van der Waals surface area contributed by atoms with E-state index in [4.69, 9.17) is 0 Å². The molecule has 28 heavy (non-hydrogen) atoms. The fourth-order valence-electron chi connectivity index (χ4n) is 2.81. The van der Waals surface area contributed by atoms with E-state index in [1.165, 1.54) is 44.2 Å². The second-order valence-electron chi connectivity index (χ2n) is 6.36. The number of rotatable bonds is 4. The molecule has 0 saturated heterocycles. The molecule has 3 aromatic rings. The first-order valence-corrected chi connectivity index (χ1v) is 8.48. The fourth-order valence-corrected chi connectivity index (χ4v) is 2.81. The van der Waals surface area contributed by atoms with Crippen molar-refractivity contribution in [3.05, 3.63) is 77.4 Å². The van der Waals surface area contributed by atoms with Crippen LogP contribution in [-0.2, 0) is 6.18 Å². The van der Waals surface area contributed by atoms with Crippen LogP contribution in [-0.4, -0.2) is 16.6 Å². The molecule has 0 spiro atoms. The van der Waals surface area contributed by atoms with Gasteiger partial charge in [0.25, 0.3) is 0 Å². The van der Waals surface area contributed by atoms with Gasteiger partial charge in [0.2, 0.25) is 0 Å². The molecular formula is C22H16F3NO2. The molecule has 0 fully saturated rings. The van der Waals surface area contributed by atoms with Crippen molar-refractivity contribution in [1.82, 2.24) is 4.98 Å². The third-order valence-corrected chi connectivity index (χ3v) is 4.35. The third-order valence-electron chi connectivity index (χ3n) is 4.35. The van der Waals surface area contributed by atoms with Gasteiger partial charge in [0, 0.05) is 22.3 Å². The zero-order valence-electron chi connectivity index (χ0n) is 15.2. The van der Waals surface area contributed by atoms with Crippen molar-refractivity contribution in [3.63, 3.8) is 0 Å². The van der Waals surface area contributed by atoms with Gasteiger partial charge in [-0.3, -0.25) is 9.59 Å². The first-order chi connectivity index (χ1) is 13.2. The number of ketones is 2. The summed E-state index contributed by atoms with van der Waals surface area (Å²) in [5.74, 6) is -0.270. The van der Waals surface area contributed by atoms with Crippen molar-refractivity contribution in [2.24, 2.45) is 0 Å². The lowest BCUT2D eigenvalue weighted by molar-refractivity contribution is -0.137. The number of halogens is 3. The molecule has 0 bridgehead atoms. The summed E-state index contributed by atoms with van der Waals surface area (Å²) < 4.78 is 40.5. The maximum absolute atomic E-state index is 13.5. The van der Waals surface area contributed by atoms with E-state index in [0.717, 1.165) is 6.07 Å². The van der Waals surface area contributed by atoms with E-state index in [2.05, 4.69) is 4.98 Å². The Morgan fingerprint density at radius 1 is 0.714 bits per heavy atom. The van der Waals surface area contributed by atoms with E-state index in [1.807, 2.05) is 0 Å². The standard InChI is InChI=1S/C22H16F3NO2/c1-13(27)15-3-7-17(8-4-15)20-12-11-19(22(23,24)25)21(26-20)18-9-5-16(6-10-18)14(2)28/h3-12H,1-2H3. The summed E-state index contributed by atoms with van der Waals surface area (Å²) in [4.78, 5) is 27.1. The van der Waals surface area contributed by atoms with E-state index in [1.54, 1.807) is 24.3 Å². The first-order valence-electron chi connectivity index (χ1n) is 8.48. The van der Waals surface area contributed by atoms with Crippen LogP contribution >= 0.6 is 0 Å². The quantitative estimate of drug-likeness (QED) is 0.532. The number of Topliss-reactive ketones (excluding diaryl/α,β-unsaturated/α-hetero) is 2. The Morgan fingerprint density at radius 3 is 1.61 bits per heavy atom. The average molecular weight is 383 g/mol. The molecule has 0 aliphatic rings. The van der Waals surface area contributed by atoms with Crippen LogP contribution in [0.4, 0.5) is 13.2 Å². The van der Waals surface area contributed by atoms with Gasteiger partial charge < -0.3 is 0 Å². The molecule has 6 heteroatoms. The Labute approximate surface area is 159 Å². The molecule has 0 aliphatic heterocycles. The average Bonchev–Trinajstić information content (AvgIpc) is 2.67. The summed E-state index contributed by atoms with van der Waals surface area (Å²) in [7, 11) is 0. The van der Waals surface area contributed by atoms with Crippen molar-refractivity contribution < 1.29 is 22.8 Å². The van der Waals surface area contributed by atoms with Gasteiger partial charge >= 0.3 is 6.18 Å². The maximum Gasteiger partial charge on any atom is 0.418 e. The molecule has 0 N–H and O–H groups in total. The van der Waals surface area contributed by atoms with E-state index < -0.39 is 11.7 Å². The number of carbonyl (C=O) groups excluding carboxylic acids is 2. The van der Waals surface area contributed by atoms with Gasteiger partial charge in [-0.05, 0) is 26.0 Å². The molecular weight excluding hydrogens is 367 g/mol. The van der Waals surface area contributed by atoms with E-state index >= 15 is 0 Å². The summed E-state index contributed by atoms with van der Waals surface area (Å²) >= 11 is 0. The molecule has 0 amide bonds. The Kier molecular flexibility index (Phi) is 5.14. The molecule has 0 saturated carbocycles. The highest BCUT2D eigenvalue weighted by Gasteiger charge is 2.34. The number of alkyl halides is 3. The number of pyridine rings is 1. The van der Waals surface area contributed by atoms with Crippen LogP contribution in [0.1, 0.15) is 40.1 Å². The molecule has 0 aliphatic carbocycles. The normalized spacial score (nSPS) is 11.3. The summed E-state index contributed by atoms with van der Waals surface area (Å²) in [5.41, 5.74) is 1.07. The summed E-state index contributed by atoms with van der Waals surface area (Å²) in [6, 6.07) is 14.7. The second-order valence-corrected chi connectivity index (χ2v) is 6.36. The highest BCUT2D eigenvalue weighted by Crippen LogP contribution is 2.37. The number of nitrogens with zero attached hydrogens (tertiary/aromatic N) is 1. The molecule has 142 valence electrons. The topological polar surface area (TPSA) is 47.0 Å². The molecule has 1 heterocycles.